The molecule has 1 rings (SSSR count). The molecule has 1 unspecified atom stereocenters. The van der Waals surface area contributed by atoms with Gasteiger partial charge < -0.3 is 11.1 Å². The van der Waals surface area contributed by atoms with Crippen LogP contribution in [0.5, 0.6) is 0 Å². The summed E-state index contributed by atoms with van der Waals surface area (Å²) in [6.07, 6.45) is 1.34. The first kappa shape index (κ1) is 15.5. The Bertz CT molecular complexity index is 506. The molecule has 104 valence electrons. The molecule has 1 aromatic carbocycles. The third-order valence-corrected chi connectivity index (χ3v) is 3.00. The number of nitrogens with one attached hydrogen (secondary N) is 1. The van der Waals surface area contributed by atoms with Gasteiger partial charge in [0.2, 0.25) is 0 Å². The van der Waals surface area contributed by atoms with Gasteiger partial charge in [-0.15, -0.1) is 0 Å². The molecule has 0 heterocycles. The molecule has 1 atom stereocenters. The Kier molecular flexibility index (Phi) is 5.35. The van der Waals surface area contributed by atoms with Gasteiger partial charge in [-0.05, 0) is 25.0 Å². The van der Waals surface area contributed by atoms with Crippen molar-refractivity contribution in [3.8, 4) is 0 Å². The van der Waals surface area contributed by atoms with E-state index < -0.39 is 23.6 Å². The van der Waals surface area contributed by atoms with Gasteiger partial charge in [-0.1, -0.05) is 25.6 Å². The highest BCUT2D eigenvalue weighted by Crippen LogP contribution is 2.14. The molecular formula is C13H16F2N2OS. The molecule has 0 bridgehead atoms. The van der Waals surface area contributed by atoms with E-state index >= 15 is 0 Å². The summed E-state index contributed by atoms with van der Waals surface area (Å²) in [5.41, 5.74) is 5.50. The van der Waals surface area contributed by atoms with Crippen LogP contribution in [0.1, 0.15) is 35.7 Å². The van der Waals surface area contributed by atoms with E-state index in [4.69, 9.17) is 18.0 Å². The van der Waals surface area contributed by atoms with E-state index in [1.165, 1.54) is 13.0 Å². The third kappa shape index (κ3) is 3.96. The van der Waals surface area contributed by atoms with E-state index in [0.717, 1.165) is 6.42 Å². The van der Waals surface area contributed by atoms with E-state index in [9.17, 15) is 13.6 Å². The van der Waals surface area contributed by atoms with Crippen molar-refractivity contribution < 1.29 is 13.6 Å². The Morgan fingerprint density at radius 1 is 1.42 bits per heavy atom. The number of hydrogen-bond acceptors (Lipinski definition) is 2. The fourth-order valence-electron chi connectivity index (χ4n) is 1.64. The van der Waals surface area contributed by atoms with Gasteiger partial charge in [-0.3, -0.25) is 4.79 Å². The van der Waals surface area contributed by atoms with E-state index in [1.54, 1.807) is 0 Å². The fraction of sp³-hybridized carbons (Fsp3) is 0.385. The molecule has 0 aliphatic rings. The molecule has 3 nitrogen and oxygen atoms in total. The lowest BCUT2D eigenvalue weighted by molar-refractivity contribution is 0.0941. The maximum atomic E-state index is 13.6. The Balaban J connectivity index is 2.94. The topological polar surface area (TPSA) is 55.1 Å². The van der Waals surface area contributed by atoms with Gasteiger partial charge in [-0.2, -0.15) is 0 Å². The van der Waals surface area contributed by atoms with Crippen LogP contribution in [-0.4, -0.2) is 16.9 Å². The minimum atomic E-state index is -0.904. The van der Waals surface area contributed by atoms with Crippen molar-refractivity contribution >= 4 is 23.1 Å². The number of amides is 1. The molecule has 19 heavy (non-hydrogen) atoms. The summed E-state index contributed by atoms with van der Waals surface area (Å²) >= 11 is 4.84. The van der Waals surface area contributed by atoms with Crippen LogP contribution < -0.4 is 11.1 Å². The van der Waals surface area contributed by atoms with Gasteiger partial charge in [-0.25, -0.2) is 8.78 Å². The van der Waals surface area contributed by atoms with Crippen LogP contribution in [0.2, 0.25) is 0 Å². The first-order valence-electron chi connectivity index (χ1n) is 5.92. The van der Waals surface area contributed by atoms with Crippen LogP contribution in [0.15, 0.2) is 12.1 Å². The number of benzene rings is 1. The average Bonchev–Trinajstić information content (AvgIpc) is 2.32. The van der Waals surface area contributed by atoms with Crippen molar-refractivity contribution in [1.82, 2.24) is 5.32 Å². The quantitative estimate of drug-likeness (QED) is 0.818. The molecule has 1 amide bonds. The predicted octanol–water partition coefficient (Wildman–Crippen LogP) is 2.46. The minimum absolute atomic E-state index is 0.148. The number of thiocarbonyl (C=S) groups is 1. The SMILES string of the molecule is CCCC(NC(=O)c1cc(C)c(F)cc1F)C(N)=S. The summed E-state index contributed by atoms with van der Waals surface area (Å²) in [6, 6.07) is 1.37. The Hall–Kier alpha value is -1.56. The number of carbonyl (C=O) groups excluding carboxylic acids is 1. The van der Waals surface area contributed by atoms with Crippen molar-refractivity contribution in [2.75, 3.05) is 0 Å². The number of aryl methyl sites for hydroxylation is 1. The van der Waals surface area contributed by atoms with Crippen molar-refractivity contribution in [2.45, 2.75) is 32.7 Å². The molecule has 0 fully saturated rings. The third-order valence-electron chi connectivity index (χ3n) is 2.72. The highest BCUT2D eigenvalue weighted by atomic mass is 32.1. The second-order valence-corrected chi connectivity index (χ2v) is 4.77. The number of rotatable bonds is 5. The summed E-state index contributed by atoms with van der Waals surface area (Å²) in [5.74, 6) is -2.24. The zero-order valence-electron chi connectivity index (χ0n) is 10.8. The first-order valence-corrected chi connectivity index (χ1v) is 6.33. The van der Waals surface area contributed by atoms with E-state index in [2.05, 4.69) is 5.32 Å². The molecule has 0 aliphatic heterocycles. The van der Waals surface area contributed by atoms with Crippen molar-refractivity contribution in [1.29, 1.82) is 0 Å². The molecule has 0 saturated heterocycles. The highest BCUT2D eigenvalue weighted by molar-refractivity contribution is 7.80. The second-order valence-electron chi connectivity index (χ2n) is 4.30. The molecule has 3 N–H and O–H groups in total. The summed E-state index contributed by atoms with van der Waals surface area (Å²) in [7, 11) is 0. The normalized spacial score (nSPS) is 12.0. The van der Waals surface area contributed by atoms with Gasteiger partial charge in [0, 0.05) is 6.07 Å². The molecule has 0 aliphatic carbocycles. The fourth-order valence-corrected chi connectivity index (χ4v) is 1.82. The van der Waals surface area contributed by atoms with Crippen LogP contribution in [0.4, 0.5) is 8.78 Å². The second kappa shape index (κ2) is 6.56. The van der Waals surface area contributed by atoms with Crippen molar-refractivity contribution in [3.05, 3.63) is 34.9 Å². The average molecular weight is 286 g/mol. The zero-order valence-corrected chi connectivity index (χ0v) is 11.6. The summed E-state index contributed by atoms with van der Waals surface area (Å²) in [6.45, 7) is 3.38. The molecule has 0 radical (unpaired) electrons. The molecule has 1 aromatic rings. The lowest BCUT2D eigenvalue weighted by Gasteiger charge is -2.17. The molecule has 6 heteroatoms. The molecule has 0 saturated carbocycles. The standard InChI is InChI=1S/C13H16F2N2OS/c1-3-4-11(12(16)19)17-13(18)8-5-7(2)9(14)6-10(8)15/h5-6,11H,3-4H2,1-2H3,(H2,16,19)(H,17,18). The van der Waals surface area contributed by atoms with E-state index in [0.29, 0.717) is 12.5 Å². The number of nitrogens with two attached hydrogens (primary N) is 1. The van der Waals surface area contributed by atoms with Crippen LogP contribution in [-0.2, 0) is 0 Å². The van der Waals surface area contributed by atoms with Crippen LogP contribution in [0.3, 0.4) is 0 Å². The number of halogens is 2. The Labute approximate surface area is 116 Å². The summed E-state index contributed by atoms with van der Waals surface area (Å²) in [5, 5.41) is 2.55. The smallest absolute Gasteiger partial charge is 0.254 e. The van der Waals surface area contributed by atoms with Gasteiger partial charge in [0.25, 0.3) is 5.91 Å². The van der Waals surface area contributed by atoms with Crippen molar-refractivity contribution in [3.63, 3.8) is 0 Å². The van der Waals surface area contributed by atoms with E-state index in [1.807, 2.05) is 6.92 Å². The van der Waals surface area contributed by atoms with E-state index in [-0.39, 0.29) is 16.1 Å². The maximum absolute atomic E-state index is 13.6. The maximum Gasteiger partial charge on any atom is 0.254 e. The zero-order chi connectivity index (χ0) is 14.6. The first-order chi connectivity index (χ1) is 8.86. The molecule has 0 aromatic heterocycles. The molecule has 0 spiro atoms. The largest absolute Gasteiger partial charge is 0.392 e. The lowest BCUT2D eigenvalue weighted by Crippen LogP contribution is -2.43. The Morgan fingerprint density at radius 3 is 2.58 bits per heavy atom. The minimum Gasteiger partial charge on any atom is -0.392 e. The molecular weight excluding hydrogens is 270 g/mol. The summed E-state index contributed by atoms with van der Waals surface area (Å²) < 4.78 is 26.7. The van der Waals surface area contributed by atoms with Crippen LogP contribution in [0.25, 0.3) is 0 Å². The number of carbonyl (C=O) groups is 1. The van der Waals surface area contributed by atoms with Gasteiger partial charge >= 0.3 is 0 Å². The Morgan fingerprint density at radius 2 is 2.05 bits per heavy atom. The lowest BCUT2D eigenvalue weighted by atomic mass is 10.1. The number of hydrogen-bond donors (Lipinski definition) is 2. The predicted molar refractivity (Wildman–Crippen MR) is 74.0 cm³/mol. The van der Waals surface area contributed by atoms with Gasteiger partial charge in [0.15, 0.2) is 0 Å². The summed E-state index contributed by atoms with van der Waals surface area (Å²) in [4.78, 5) is 12.1. The van der Waals surface area contributed by atoms with Crippen LogP contribution in [0, 0.1) is 18.6 Å². The monoisotopic (exact) mass is 286 g/mol. The highest BCUT2D eigenvalue weighted by Gasteiger charge is 2.19. The van der Waals surface area contributed by atoms with Crippen molar-refractivity contribution in [2.24, 2.45) is 5.73 Å². The van der Waals surface area contributed by atoms with Crippen LogP contribution >= 0.6 is 12.2 Å². The van der Waals surface area contributed by atoms with Gasteiger partial charge in [0.05, 0.1) is 16.6 Å². The van der Waals surface area contributed by atoms with Gasteiger partial charge in [0.1, 0.15) is 11.6 Å².